The van der Waals surface area contributed by atoms with E-state index in [1.807, 2.05) is 0 Å². The Labute approximate surface area is 118 Å². The van der Waals surface area contributed by atoms with E-state index >= 15 is 0 Å². The van der Waals surface area contributed by atoms with Gasteiger partial charge in [-0.15, -0.1) is 0 Å². The highest BCUT2D eigenvalue weighted by Crippen LogP contribution is 2.16. The summed E-state index contributed by atoms with van der Waals surface area (Å²) >= 11 is 0. The minimum absolute atomic E-state index is 0.125. The van der Waals surface area contributed by atoms with Crippen LogP contribution in [0.25, 0.3) is 0 Å². The molecule has 1 amide bonds. The molecular weight excluding hydrogens is 286 g/mol. The van der Waals surface area contributed by atoms with Crippen LogP contribution >= 0.6 is 0 Å². The van der Waals surface area contributed by atoms with Gasteiger partial charge in [0.1, 0.15) is 5.82 Å². The monoisotopic (exact) mass is 297 g/mol. The molecule has 2 aromatic carbocycles. The van der Waals surface area contributed by atoms with Crippen molar-refractivity contribution >= 4 is 5.91 Å². The first-order valence-electron chi connectivity index (χ1n) is 6.03. The van der Waals surface area contributed by atoms with E-state index in [0.717, 1.165) is 0 Å². The van der Waals surface area contributed by atoms with Crippen molar-refractivity contribution < 1.29 is 22.4 Å². The summed E-state index contributed by atoms with van der Waals surface area (Å²) in [6, 6.07) is 6.75. The SMILES string of the molecule is CN(Cc1ccc(F)cc1)C(=O)c1cc(F)c(F)c(F)c1. The van der Waals surface area contributed by atoms with Crippen LogP contribution in [0.4, 0.5) is 17.6 Å². The summed E-state index contributed by atoms with van der Waals surface area (Å²) in [6.07, 6.45) is 0. The number of hydrogen-bond acceptors (Lipinski definition) is 1. The Balaban J connectivity index is 2.17. The van der Waals surface area contributed by atoms with Crippen molar-refractivity contribution in [3.8, 4) is 0 Å². The van der Waals surface area contributed by atoms with Gasteiger partial charge in [-0.3, -0.25) is 4.79 Å². The molecule has 0 aliphatic carbocycles. The van der Waals surface area contributed by atoms with E-state index in [1.165, 1.54) is 36.2 Å². The van der Waals surface area contributed by atoms with Gasteiger partial charge in [-0.05, 0) is 29.8 Å². The van der Waals surface area contributed by atoms with Crippen LogP contribution in [0.15, 0.2) is 36.4 Å². The smallest absolute Gasteiger partial charge is 0.254 e. The summed E-state index contributed by atoms with van der Waals surface area (Å²) in [4.78, 5) is 13.2. The van der Waals surface area contributed by atoms with Crippen LogP contribution in [-0.4, -0.2) is 17.9 Å². The fraction of sp³-hybridized carbons (Fsp3) is 0.133. The number of carbonyl (C=O) groups excluding carboxylic acids is 1. The molecular formula is C15H11F4NO. The highest BCUT2D eigenvalue weighted by atomic mass is 19.2. The molecule has 2 rings (SSSR count). The summed E-state index contributed by atoms with van der Waals surface area (Å²) in [5.41, 5.74) is 0.353. The topological polar surface area (TPSA) is 20.3 Å². The Hall–Kier alpha value is -2.37. The van der Waals surface area contributed by atoms with Crippen molar-refractivity contribution in [3.63, 3.8) is 0 Å². The predicted octanol–water partition coefficient (Wildman–Crippen LogP) is 3.52. The van der Waals surface area contributed by atoms with Gasteiger partial charge in [0.25, 0.3) is 5.91 Å². The number of benzene rings is 2. The van der Waals surface area contributed by atoms with E-state index in [0.29, 0.717) is 17.7 Å². The van der Waals surface area contributed by atoms with E-state index in [4.69, 9.17) is 0 Å². The molecule has 0 radical (unpaired) electrons. The van der Waals surface area contributed by atoms with Crippen molar-refractivity contribution in [1.82, 2.24) is 4.90 Å². The maximum Gasteiger partial charge on any atom is 0.254 e. The van der Waals surface area contributed by atoms with Crippen LogP contribution in [0.2, 0.25) is 0 Å². The Morgan fingerprint density at radius 1 is 1.00 bits per heavy atom. The Kier molecular flexibility index (Phi) is 4.26. The minimum atomic E-state index is -1.62. The van der Waals surface area contributed by atoms with Gasteiger partial charge in [0.15, 0.2) is 17.5 Å². The Bertz CT molecular complexity index is 647. The zero-order valence-corrected chi connectivity index (χ0v) is 11.0. The molecule has 0 aliphatic rings. The average Bonchev–Trinajstić information content (AvgIpc) is 2.45. The van der Waals surface area contributed by atoms with Crippen LogP contribution in [-0.2, 0) is 6.54 Å². The molecule has 0 bridgehead atoms. The summed E-state index contributed by atoms with van der Waals surface area (Å²) in [5.74, 6) is -5.54. The van der Waals surface area contributed by atoms with Gasteiger partial charge in [0, 0.05) is 19.2 Å². The molecule has 0 heterocycles. The highest BCUT2D eigenvalue weighted by molar-refractivity contribution is 5.94. The first-order valence-corrected chi connectivity index (χ1v) is 6.03. The second-order valence-electron chi connectivity index (χ2n) is 4.54. The second-order valence-corrected chi connectivity index (χ2v) is 4.54. The molecule has 21 heavy (non-hydrogen) atoms. The lowest BCUT2D eigenvalue weighted by atomic mass is 10.1. The van der Waals surface area contributed by atoms with Crippen molar-refractivity contribution in [2.75, 3.05) is 7.05 Å². The Morgan fingerprint density at radius 2 is 1.52 bits per heavy atom. The first-order chi connectivity index (χ1) is 9.88. The van der Waals surface area contributed by atoms with Crippen LogP contribution in [0, 0.1) is 23.3 Å². The Morgan fingerprint density at radius 3 is 2.05 bits per heavy atom. The molecule has 110 valence electrons. The van der Waals surface area contributed by atoms with E-state index in [9.17, 15) is 22.4 Å². The summed E-state index contributed by atoms with van der Waals surface area (Å²) < 4.78 is 51.8. The van der Waals surface area contributed by atoms with Gasteiger partial charge in [0.2, 0.25) is 0 Å². The highest BCUT2D eigenvalue weighted by Gasteiger charge is 2.18. The fourth-order valence-corrected chi connectivity index (χ4v) is 1.83. The summed E-state index contributed by atoms with van der Waals surface area (Å²) in [6.45, 7) is 0.125. The quantitative estimate of drug-likeness (QED) is 0.627. The molecule has 0 aromatic heterocycles. The van der Waals surface area contributed by atoms with Crippen LogP contribution < -0.4 is 0 Å². The van der Waals surface area contributed by atoms with Gasteiger partial charge >= 0.3 is 0 Å². The zero-order chi connectivity index (χ0) is 15.6. The summed E-state index contributed by atoms with van der Waals surface area (Å²) in [5, 5.41) is 0. The molecule has 0 N–H and O–H groups in total. The number of rotatable bonds is 3. The number of hydrogen-bond donors (Lipinski definition) is 0. The summed E-state index contributed by atoms with van der Waals surface area (Å²) in [7, 11) is 1.42. The van der Waals surface area contributed by atoms with Crippen LogP contribution in [0.3, 0.4) is 0 Å². The maximum absolute atomic E-state index is 13.1. The van der Waals surface area contributed by atoms with Gasteiger partial charge < -0.3 is 4.90 Å². The molecule has 0 saturated carbocycles. The van der Waals surface area contributed by atoms with Crippen LogP contribution in [0.5, 0.6) is 0 Å². The van der Waals surface area contributed by atoms with Gasteiger partial charge in [0.05, 0.1) is 0 Å². The van der Waals surface area contributed by atoms with Crippen LogP contribution in [0.1, 0.15) is 15.9 Å². The van der Waals surface area contributed by atoms with Gasteiger partial charge in [-0.1, -0.05) is 12.1 Å². The largest absolute Gasteiger partial charge is 0.337 e. The third kappa shape index (κ3) is 3.39. The normalized spacial score (nSPS) is 10.5. The minimum Gasteiger partial charge on any atom is -0.337 e. The molecule has 0 fully saturated rings. The van der Waals surface area contributed by atoms with Crippen molar-refractivity contribution in [1.29, 1.82) is 0 Å². The fourth-order valence-electron chi connectivity index (χ4n) is 1.83. The maximum atomic E-state index is 13.1. The molecule has 0 aliphatic heterocycles. The standard InChI is InChI=1S/C15H11F4NO/c1-20(8-9-2-4-11(16)5-3-9)15(21)10-6-12(17)14(19)13(18)7-10/h2-7H,8H2,1H3. The van der Waals surface area contributed by atoms with Crippen molar-refractivity contribution in [2.24, 2.45) is 0 Å². The van der Waals surface area contributed by atoms with Crippen molar-refractivity contribution in [2.45, 2.75) is 6.54 Å². The van der Waals surface area contributed by atoms with Crippen molar-refractivity contribution in [3.05, 3.63) is 70.8 Å². The molecule has 2 aromatic rings. The van der Waals surface area contributed by atoms with Gasteiger partial charge in [-0.25, -0.2) is 17.6 Å². The lowest BCUT2D eigenvalue weighted by molar-refractivity contribution is 0.0784. The lowest BCUT2D eigenvalue weighted by Gasteiger charge is -2.17. The molecule has 6 heteroatoms. The first kappa shape index (κ1) is 15.0. The number of halogens is 4. The van der Waals surface area contributed by atoms with Gasteiger partial charge in [-0.2, -0.15) is 0 Å². The van der Waals surface area contributed by atoms with E-state index in [1.54, 1.807) is 0 Å². The third-order valence-corrected chi connectivity index (χ3v) is 2.91. The second kappa shape index (κ2) is 5.95. The third-order valence-electron chi connectivity index (χ3n) is 2.91. The number of amides is 1. The molecule has 0 saturated heterocycles. The number of nitrogens with zero attached hydrogens (tertiary/aromatic N) is 1. The zero-order valence-electron chi connectivity index (χ0n) is 11.0. The predicted molar refractivity (Wildman–Crippen MR) is 68.5 cm³/mol. The molecule has 0 unspecified atom stereocenters. The van der Waals surface area contributed by atoms with E-state index in [2.05, 4.69) is 0 Å². The van der Waals surface area contributed by atoms with E-state index < -0.39 is 29.2 Å². The molecule has 0 spiro atoms. The number of carbonyl (C=O) groups is 1. The lowest BCUT2D eigenvalue weighted by Crippen LogP contribution is -2.26. The average molecular weight is 297 g/mol. The van der Waals surface area contributed by atoms with E-state index in [-0.39, 0.29) is 12.1 Å². The molecule has 2 nitrogen and oxygen atoms in total. The molecule has 0 atom stereocenters.